The van der Waals surface area contributed by atoms with Gasteiger partial charge in [-0.15, -0.1) is 0 Å². The zero-order valence-electron chi connectivity index (χ0n) is 9.83. The highest BCUT2D eigenvalue weighted by Gasteiger charge is 2.10. The topological polar surface area (TPSA) is 27.1 Å². The Morgan fingerprint density at radius 2 is 2.13 bits per heavy atom. The molecule has 0 bridgehead atoms. The van der Waals surface area contributed by atoms with Gasteiger partial charge in [-0.2, -0.15) is 5.10 Å². The Labute approximate surface area is 99.9 Å². The van der Waals surface area contributed by atoms with Gasteiger partial charge in [0.15, 0.2) is 0 Å². The molecule has 0 spiro atoms. The molecule has 1 aromatic heterocycles. The summed E-state index contributed by atoms with van der Waals surface area (Å²) in [5.41, 5.74) is 0.976. The summed E-state index contributed by atoms with van der Waals surface area (Å²) in [6, 6.07) is 0.439. The van der Waals surface area contributed by atoms with Gasteiger partial charge < -0.3 is 4.74 Å². The van der Waals surface area contributed by atoms with Crippen LogP contribution in [0.4, 0.5) is 0 Å². The number of ether oxygens (including phenoxy) is 1. The minimum absolute atomic E-state index is 0.241. The van der Waals surface area contributed by atoms with Crippen molar-refractivity contribution in [2.24, 2.45) is 0 Å². The lowest BCUT2D eigenvalue weighted by molar-refractivity contribution is 0.0628. The summed E-state index contributed by atoms with van der Waals surface area (Å²) in [5.74, 6) is 0. The van der Waals surface area contributed by atoms with Crippen molar-refractivity contribution in [2.75, 3.05) is 0 Å². The first-order chi connectivity index (χ1) is 7.04. The Morgan fingerprint density at radius 3 is 2.67 bits per heavy atom. The molecule has 0 saturated heterocycles. The van der Waals surface area contributed by atoms with E-state index < -0.39 is 0 Å². The van der Waals surface area contributed by atoms with Gasteiger partial charge in [-0.25, -0.2) is 0 Å². The lowest BCUT2D eigenvalue weighted by Crippen LogP contribution is -2.06. The van der Waals surface area contributed by atoms with Crippen molar-refractivity contribution in [1.29, 1.82) is 0 Å². The number of hydrogen-bond donors (Lipinski definition) is 0. The Balaban J connectivity index is 2.68. The minimum atomic E-state index is 0.241. The van der Waals surface area contributed by atoms with Crippen molar-refractivity contribution in [3.8, 4) is 0 Å². The van der Waals surface area contributed by atoms with Crippen molar-refractivity contribution < 1.29 is 4.74 Å². The monoisotopic (exact) mass is 274 g/mol. The summed E-state index contributed by atoms with van der Waals surface area (Å²) in [4.78, 5) is 0. The third-order valence-electron chi connectivity index (χ3n) is 2.35. The highest BCUT2D eigenvalue weighted by atomic mass is 79.9. The van der Waals surface area contributed by atoms with Crippen LogP contribution in [-0.4, -0.2) is 15.9 Å². The second kappa shape index (κ2) is 5.66. The molecule has 86 valence electrons. The molecule has 0 aliphatic heterocycles. The predicted octanol–water partition coefficient (Wildman–Crippen LogP) is 3.54. The van der Waals surface area contributed by atoms with Gasteiger partial charge in [0.1, 0.15) is 5.69 Å². The Morgan fingerprint density at radius 1 is 1.47 bits per heavy atom. The molecule has 0 aromatic carbocycles. The fraction of sp³-hybridized carbons (Fsp3) is 0.727. The maximum absolute atomic E-state index is 5.53. The lowest BCUT2D eigenvalue weighted by Gasteiger charge is -2.08. The Hall–Kier alpha value is -0.350. The summed E-state index contributed by atoms with van der Waals surface area (Å²) in [6.07, 6.45) is 3.34. The molecule has 0 amide bonds. The minimum Gasteiger partial charge on any atom is -0.372 e. The van der Waals surface area contributed by atoms with Gasteiger partial charge in [0, 0.05) is 12.2 Å². The SMILES string of the molecule is CCC(C)n1cc(Br)c(COC(C)C)n1. The van der Waals surface area contributed by atoms with Crippen molar-refractivity contribution in [2.45, 2.75) is 52.9 Å². The van der Waals surface area contributed by atoms with Crippen LogP contribution in [0.3, 0.4) is 0 Å². The summed E-state index contributed by atoms with van der Waals surface area (Å²) in [6.45, 7) is 8.94. The quantitative estimate of drug-likeness (QED) is 0.821. The van der Waals surface area contributed by atoms with Gasteiger partial charge in [0.2, 0.25) is 0 Å². The third-order valence-corrected chi connectivity index (χ3v) is 3.02. The van der Waals surface area contributed by atoms with Crippen LogP contribution >= 0.6 is 15.9 Å². The van der Waals surface area contributed by atoms with E-state index >= 15 is 0 Å². The van der Waals surface area contributed by atoms with E-state index in [1.807, 2.05) is 24.7 Å². The highest BCUT2D eigenvalue weighted by Crippen LogP contribution is 2.20. The van der Waals surface area contributed by atoms with E-state index in [0.29, 0.717) is 12.6 Å². The first-order valence-corrected chi connectivity index (χ1v) is 6.19. The first kappa shape index (κ1) is 12.7. The second-order valence-corrected chi connectivity index (χ2v) is 4.88. The Bertz CT molecular complexity index is 310. The fourth-order valence-corrected chi connectivity index (χ4v) is 1.57. The molecule has 0 aliphatic carbocycles. The van der Waals surface area contributed by atoms with E-state index in [1.54, 1.807) is 0 Å². The van der Waals surface area contributed by atoms with Gasteiger partial charge >= 0.3 is 0 Å². The average molecular weight is 275 g/mol. The van der Waals surface area contributed by atoms with Gasteiger partial charge in [-0.1, -0.05) is 6.92 Å². The van der Waals surface area contributed by atoms with Crippen molar-refractivity contribution in [3.05, 3.63) is 16.4 Å². The molecule has 15 heavy (non-hydrogen) atoms. The summed E-state index contributed by atoms with van der Waals surface area (Å²) < 4.78 is 8.55. The maximum Gasteiger partial charge on any atom is 0.102 e. The van der Waals surface area contributed by atoms with Crippen LogP contribution in [0.25, 0.3) is 0 Å². The fourth-order valence-electron chi connectivity index (χ4n) is 1.16. The largest absolute Gasteiger partial charge is 0.372 e. The van der Waals surface area contributed by atoms with Crippen LogP contribution in [0.1, 0.15) is 45.9 Å². The molecule has 1 atom stereocenters. The van der Waals surface area contributed by atoms with E-state index in [-0.39, 0.29) is 6.10 Å². The normalized spacial score (nSPS) is 13.5. The van der Waals surface area contributed by atoms with Crippen molar-refractivity contribution in [3.63, 3.8) is 0 Å². The van der Waals surface area contributed by atoms with Crippen LogP contribution in [0.2, 0.25) is 0 Å². The van der Waals surface area contributed by atoms with Crippen LogP contribution < -0.4 is 0 Å². The number of rotatable bonds is 5. The van der Waals surface area contributed by atoms with Crippen LogP contribution in [0.5, 0.6) is 0 Å². The maximum atomic E-state index is 5.53. The molecule has 1 rings (SSSR count). The molecular weight excluding hydrogens is 256 g/mol. The van der Waals surface area contributed by atoms with Crippen LogP contribution in [-0.2, 0) is 11.3 Å². The van der Waals surface area contributed by atoms with E-state index in [0.717, 1.165) is 16.6 Å². The molecule has 1 aromatic rings. The van der Waals surface area contributed by atoms with E-state index in [9.17, 15) is 0 Å². The Kier molecular flexibility index (Phi) is 4.80. The van der Waals surface area contributed by atoms with Crippen LogP contribution in [0.15, 0.2) is 10.7 Å². The summed E-state index contributed by atoms with van der Waals surface area (Å²) in [7, 11) is 0. The average Bonchev–Trinajstić information content (AvgIpc) is 2.55. The highest BCUT2D eigenvalue weighted by molar-refractivity contribution is 9.10. The molecule has 0 radical (unpaired) electrons. The lowest BCUT2D eigenvalue weighted by atomic mass is 10.3. The van der Waals surface area contributed by atoms with Gasteiger partial charge in [0.25, 0.3) is 0 Å². The zero-order valence-corrected chi connectivity index (χ0v) is 11.4. The molecule has 3 nitrogen and oxygen atoms in total. The zero-order chi connectivity index (χ0) is 11.4. The van der Waals surface area contributed by atoms with Crippen LogP contribution in [0, 0.1) is 0 Å². The van der Waals surface area contributed by atoms with Crippen molar-refractivity contribution in [1.82, 2.24) is 9.78 Å². The van der Waals surface area contributed by atoms with Gasteiger partial charge in [-0.3, -0.25) is 4.68 Å². The molecule has 1 unspecified atom stereocenters. The predicted molar refractivity (Wildman–Crippen MR) is 64.9 cm³/mol. The third kappa shape index (κ3) is 3.61. The summed E-state index contributed by atoms with van der Waals surface area (Å²) >= 11 is 3.50. The number of halogens is 1. The number of nitrogens with zero attached hydrogens (tertiary/aromatic N) is 2. The first-order valence-electron chi connectivity index (χ1n) is 5.39. The second-order valence-electron chi connectivity index (χ2n) is 4.02. The van der Waals surface area contributed by atoms with E-state index in [2.05, 4.69) is 34.9 Å². The van der Waals surface area contributed by atoms with Gasteiger partial charge in [0.05, 0.1) is 17.2 Å². The molecule has 0 N–H and O–H groups in total. The van der Waals surface area contributed by atoms with Gasteiger partial charge in [-0.05, 0) is 43.1 Å². The molecule has 0 fully saturated rings. The molecule has 0 saturated carbocycles. The van der Waals surface area contributed by atoms with Crippen molar-refractivity contribution >= 4 is 15.9 Å². The summed E-state index contributed by atoms with van der Waals surface area (Å²) in [5, 5.41) is 4.50. The standard InChI is InChI=1S/C11H19BrN2O/c1-5-9(4)14-6-10(12)11(13-14)7-15-8(2)3/h6,8-9H,5,7H2,1-4H3. The smallest absolute Gasteiger partial charge is 0.102 e. The number of hydrogen-bond acceptors (Lipinski definition) is 2. The molecular formula is C11H19BrN2O. The molecule has 0 aliphatic rings. The molecule has 4 heteroatoms. The van der Waals surface area contributed by atoms with E-state index in [4.69, 9.17) is 4.74 Å². The molecule has 1 heterocycles. The van der Waals surface area contributed by atoms with E-state index in [1.165, 1.54) is 0 Å². The number of aromatic nitrogens is 2.